The highest BCUT2D eigenvalue weighted by molar-refractivity contribution is 5.97. The molecule has 1 saturated heterocycles. The molecule has 0 unspecified atom stereocenters. The molecule has 0 atom stereocenters. The van der Waals surface area contributed by atoms with Crippen LogP contribution in [0.4, 0.5) is 0 Å². The topological polar surface area (TPSA) is 41.0 Å². The molecule has 1 aliphatic rings. The summed E-state index contributed by atoms with van der Waals surface area (Å²) in [7, 11) is 5.93. The van der Waals surface area contributed by atoms with Crippen molar-refractivity contribution in [3.63, 3.8) is 0 Å². The van der Waals surface area contributed by atoms with Gasteiger partial charge in [0.05, 0.1) is 7.11 Å². The molecular formula is C30H40N4O2. The van der Waals surface area contributed by atoms with Gasteiger partial charge in [-0.25, -0.2) is 0 Å². The van der Waals surface area contributed by atoms with Gasteiger partial charge in [0.1, 0.15) is 5.75 Å². The van der Waals surface area contributed by atoms with Crippen LogP contribution in [0.15, 0.2) is 54.6 Å². The molecule has 0 N–H and O–H groups in total. The first-order valence-electron chi connectivity index (χ1n) is 13.0. The number of benzene rings is 2. The van der Waals surface area contributed by atoms with Gasteiger partial charge in [0.25, 0.3) is 0 Å². The fraction of sp³-hybridized carbons (Fsp3) is 0.433. The van der Waals surface area contributed by atoms with Gasteiger partial charge in [0.15, 0.2) is 0 Å². The van der Waals surface area contributed by atoms with E-state index in [-0.39, 0.29) is 5.91 Å². The largest absolute Gasteiger partial charge is 0.497 e. The smallest absolute Gasteiger partial charge is 0.246 e. The van der Waals surface area contributed by atoms with E-state index in [4.69, 9.17) is 4.74 Å². The van der Waals surface area contributed by atoms with Crippen LogP contribution in [-0.4, -0.2) is 85.6 Å². The molecule has 1 aliphatic heterocycles. The summed E-state index contributed by atoms with van der Waals surface area (Å²) in [6.07, 6.45) is 5.88. The Bertz CT molecular complexity index is 1190. The summed E-state index contributed by atoms with van der Waals surface area (Å²) >= 11 is 0. The maximum atomic E-state index is 13.0. The maximum absolute atomic E-state index is 13.0. The number of fused-ring (bicyclic) bond motifs is 1. The van der Waals surface area contributed by atoms with E-state index in [0.717, 1.165) is 70.0 Å². The fourth-order valence-corrected chi connectivity index (χ4v) is 5.07. The molecule has 1 fully saturated rings. The zero-order valence-corrected chi connectivity index (χ0v) is 22.2. The van der Waals surface area contributed by atoms with Crippen LogP contribution in [-0.2, 0) is 17.8 Å². The van der Waals surface area contributed by atoms with Crippen LogP contribution in [0, 0.1) is 6.92 Å². The Hall–Kier alpha value is -3.09. The lowest BCUT2D eigenvalue weighted by molar-refractivity contribution is -0.127. The molecule has 36 heavy (non-hydrogen) atoms. The maximum Gasteiger partial charge on any atom is 0.246 e. The molecule has 0 radical (unpaired) electrons. The van der Waals surface area contributed by atoms with Gasteiger partial charge in [0.2, 0.25) is 5.91 Å². The molecular weight excluding hydrogens is 448 g/mol. The van der Waals surface area contributed by atoms with E-state index in [1.165, 1.54) is 22.2 Å². The van der Waals surface area contributed by atoms with E-state index in [1.54, 1.807) is 13.2 Å². The van der Waals surface area contributed by atoms with Crippen molar-refractivity contribution in [2.75, 3.05) is 60.5 Å². The predicted molar refractivity (Wildman–Crippen MR) is 149 cm³/mol. The van der Waals surface area contributed by atoms with Crippen LogP contribution in [0.2, 0.25) is 0 Å². The van der Waals surface area contributed by atoms with Crippen molar-refractivity contribution in [2.45, 2.75) is 26.3 Å². The third-order valence-corrected chi connectivity index (χ3v) is 7.19. The van der Waals surface area contributed by atoms with Gasteiger partial charge in [-0.05, 0) is 70.2 Å². The molecule has 0 bridgehead atoms. The fourth-order valence-electron chi connectivity index (χ4n) is 5.07. The number of hydrogen-bond donors (Lipinski definition) is 0. The van der Waals surface area contributed by atoms with Crippen molar-refractivity contribution >= 4 is 22.9 Å². The highest BCUT2D eigenvalue weighted by Gasteiger charge is 2.20. The summed E-state index contributed by atoms with van der Waals surface area (Å²) in [6, 6.07) is 16.8. The van der Waals surface area contributed by atoms with E-state index < -0.39 is 0 Å². The van der Waals surface area contributed by atoms with Gasteiger partial charge in [-0.3, -0.25) is 9.69 Å². The lowest BCUT2D eigenvalue weighted by Gasteiger charge is -2.34. The van der Waals surface area contributed by atoms with E-state index in [2.05, 4.69) is 71.8 Å². The Morgan fingerprint density at radius 1 is 1.03 bits per heavy atom. The number of ether oxygens (including phenoxy) is 1. The Labute approximate surface area is 215 Å². The number of aryl methyl sites for hydroxylation is 1. The highest BCUT2D eigenvalue weighted by atomic mass is 16.5. The van der Waals surface area contributed by atoms with E-state index >= 15 is 0 Å². The number of methoxy groups -OCH3 is 1. The lowest BCUT2D eigenvalue weighted by Crippen LogP contribution is -2.48. The molecule has 2 heterocycles. The molecule has 6 nitrogen and oxygen atoms in total. The SMILES string of the molecule is COc1cccc(CCN2CCN(C(=O)C=Cc3c(C)n(CCCN(C)C)c4ccccc34)CC2)c1. The molecule has 4 rings (SSSR count). The number of amides is 1. The van der Waals surface area contributed by atoms with Crippen molar-refractivity contribution in [1.82, 2.24) is 19.3 Å². The van der Waals surface area contributed by atoms with Crippen LogP contribution >= 0.6 is 0 Å². The minimum atomic E-state index is 0.103. The van der Waals surface area contributed by atoms with Gasteiger partial charge < -0.3 is 19.1 Å². The van der Waals surface area contributed by atoms with E-state index in [9.17, 15) is 4.79 Å². The molecule has 0 saturated carbocycles. The quantitative estimate of drug-likeness (QED) is 0.399. The summed E-state index contributed by atoms with van der Waals surface area (Å²) in [5.74, 6) is 1.01. The molecule has 2 aromatic carbocycles. The number of hydrogen-bond acceptors (Lipinski definition) is 4. The van der Waals surface area contributed by atoms with Crippen LogP contribution in [0.1, 0.15) is 23.2 Å². The van der Waals surface area contributed by atoms with Gasteiger partial charge in [-0.15, -0.1) is 0 Å². The third-order valence-electron chi connectivity index (χ3n) is 7.19. The summed E-state index contributed by atoms with van der Waals surface area (Å²) in [5.41, 5.74) is 4.90. The first kappa shape index (κ1) is 26.0. The highest BCUT2D eigenvalue weighted by Crippen LogP contribution is 2.27. The third kappa shape index (κ3) is 6.37. The summed E-state index contributed by atoms with van der Waals surface area (Å²) in [4.78, 5) is 19.7. The average Bonchev–Trinajstić information content (AvgIpc) is 3.16. The molecule has 0 spiro atoms. The second-order valence-electron chi connectivity index (χ2n) is 9.93. The van der Waals surface area contributed by atoms with Crippen molar-refractivity contribution < 1.29 is 9.53 Å². The Morgan fingerprint density at radius 2 is 1.81 bits per heavy atom. The first-order valence-corrected chi connectivity index (χ1v) is 13.0. The number of aromatic nitrogens is 1. The van der Waals surface area contributed by atoms with E-state index in [1.807, 2.05) is 23.1 Å². The Morgan fingerprint density at radius 3 is 2.56 bits per heavy atom. The van der Waals surface area contributed by atoms with E-state index in [0.29, 0.717) is 0 Å². The number of nitrogens with zero attached hydrogens (tertiary/aromatic N) is 4. The predicted octanol–water partition coefficient (Wildman–Crippen LogP) is 4.31. The van der Waals surface area contributed by atoms with Crippen molar-refractivity contribution in [1.29, 1.82) is 0 Å². The monoisotopic (exact) mass is 488 g/mol. The summed E-state index contributed by atoms with van der Waals surface area (Å²) in [6.45, 7) is 8.56. The number of para-hydroxylation sites is 1. The van der Waals surface area contributed by atoms with Gasteiger partial charge in [-0.2, -0.15) is 0 Å². The van der Waals surface area contributed by atoms with Gasteiger partial charge in [0, 0.05) is 67.5 Å². The average molecular weight is 489 g/mol. The first-order chi connectivity index (χ1) is 17.5. The Kier molecular flexibility index (Phi) is 8.83. The van der Waals surface area contributed by atoms with Crippen LogP contribution < -0.4 is 4.74 Å². The second-order valence-corrected chi connectivity index (χ2v) is 9.93. The standard InChI is InChI=1S/C30H40N4O2/c1-24-27(28-11-5-6-12-29(28)34(24)17-8-16-31(2)3)13-14-30(35)33-21-19-32(20-22-33)18-15-25-9-7-10-26(23-25)36-4/h5-7,9-14,23H,8,15-22H2,1-4H3. The molecule has 0 aliphatic carbocycles. The molecule has 6 heteroatoms. The number of carbonyl (C=O) groups is 1. The number of carbonyl (C=O) groups excluding carboxylic acids is 1. The van der Waals surface area contributed by atoms with Crippen LogP contribution in [0.5, 0.6) is 5.75 Å². The van der Waals surface area contributed by atoms with Gasteiger partial charge >= 0.3 is 0 Å². The zero-order chi connectivity index (χ0) is 25.5. The number of rotatable bonds is 10. The molecule has 1 aromatic heterocycles. The van der Waals surface area contributed by atoms with Gasteiger partial charge in [-0.1, -0.05) is 30.3 Å². The van der Waals surface area contributed by atoms with Crippen LogP contribution in [0.25, 0.3) is 17.0 Å². The Balaban J connectivity index is 1.34. The normalized spacial score (nSPS) is 14.9. The molecule has 1 amide bonds. The van der Waals surface area contributed by atoms with Crippen molar-refractivity contribution in [3.8, 4) is 5.75 Å². The lowest BCUT2D eigenvalue weighted by atomic mass is 10.1. The molecule has 192 valence electrons. The summed E-state index contributed by atoms with van der Waals surface area (Å²) < 4.78 is 7.73. The minimum Gasteiger partial charge on any atom is -0.497 e. The minimum absolute atomic E-state index is 0.103. The number of piperazine rings is 1. The zero-order valence-electron chi connectivity index (χ0n) is 22.2. The molecule has 3 aromatic rings. The second kappa shape index (κ2) is 12.2. The van der Waals surface area contributed by atoms with Crippen molar-refractivity contribution in [3.05, 3.63) is 71.4 Å². The summed E-state index contributed by atoms with van der Waals surface area (Å²) in [5, 5.41) is 1.21. The van der Waals surface area contributed by atoms with Crippen LogP contribution in [0.3, 0.4) is 0 Å². The van der Waals surface area contributed by atoms with Crippen molar-refractivity contribution in [2.24, 2.45) is 0 Å².